The highest BCUT2D eigenvalue weighted by Crippen LogP contribution is 2.14. The van der Waals surface area contributed by atoms with Gasteiger partial charge in [0.05, 0.1) is 12.9 Å². The lowest BCUT2D eigenvalue weighted by Crippen LogP contribution is -2.02. The molecule has 0 spiro atoms. The Morgan fingerprint density at radius 1 is 1.29 bits per heavy atom. The van der Waals surface area contributed by atoms with Gasteiger partial charge >= 0.3 is 0 Å². The van der Waals surface area contributed by atoms with Crippen molar-refractivity contribution in [3.05, 3.63) is 24.4 Å². The number of imidazole rings is 1. The van der Waals surface area contributed by atoms with E-state index in [1.807, 2.05) is 0 Å². The average Bonchev–Trinajstić information content (AvgIpc) is 2.94. The molecule has 0 amide bonds. The largest absolute Gasteiger partial charge is 0.424 e. The van der Waals surface area contributed by atoms with Gasteiger partial charge in [-0.15, -0.1) is 10.2 Å². The SMILES string of the molecule is Cc1nnc(CNc2ncnc3[nH]cnc23)o1. The summed E-state index contributed by atoms with van der Waals surface area (Å²) < 4.78 is 5.24. The molecule has 3 heterocycles. The third kappa shape index (κ3) is 1.80. The number of nitrogens with one attached hydrogen (secondary N) is 2. The van der Waals surface area contributed by atoms with Crippen LogP contribution in [-0.4, -0.2) is 30.1 Å². The van der Waals surface area contributed by atoms with Crippen LogP contribution in [0.3, 0.4) is 0 Å². The molecule has 17 heavy (non-hydrogen) atoms. The predicted octanol–water partition coefficient (Wildman–Crippen LogP) is 0.656. The summed E-state index contributed by atoms with van der Waals surface area (Å²) >= 11 is 0. The van der Waals surface area contributed by atoms with Crippen LogP contribution in [0.25, 0.3) is 11.2 Å². The van der Waals surface area contributed by atoms with E-state index >= 15 is 0 Å². The maximum absolute atomic E-state index is 5.24. The van der Waals surface area contributed by atoms with Gasteiger partial charge in [-0.3, -0.25) is 0 Å². The van der Waals surface area contributed by atoms with Gasteiger partial charge in [-0.05, 0) is 0 Å². The lowest BCUT2D eigenvalue weighted by Gasteiger charge is -2.01. The topological polar surface area (TPSA) is 105 Å². The van der Waals surface area contributed by atoms with Gasteiger partial charge in [0, 0.05) is 6.92 Å². The monoisotopic (exact) mass is 231 g/mol. The molecule has 3 aromatic rings. The van der Waals surface area contributed by atoms with Crippen molar-refractivity contribution >= 4 is 17.0 Å². The standard InChI is InChI=1S/C9H9N7O/c1-5-15-16-6(17-5)2-10-8-7-9(12-3-11-7)14-4-13-8/h3-4H,2H2,1H3,(H2,10,11,12,13,14). The molecule has 0 atom stereocenters. The first-order chi connectivity index (χ1) is 8.33. The molecular weight excluding hydrogens is 222 g/mol. The number of H-pyrrole nitrogens is 1. The van der Waals surface area contributed by atoms with Gasteiger partial charge in [-0.1, -0.05) is 0 Å². The Morgan fingerprint density at radius 2 is 2.24 bits per heavy atom. The van der Waals surface area contributed by atoms with Crippen LogP contribution in [0.2, 0.25) is 0 Å². The number of aryl methyl sites for hydroxylation is 1. The molecular formula is C9H9N7O. The number of fused-ring (bicyclic) bond motifs is 1. The summed E-state index contributed by atoms with van der Waals surface area (Å²) in [6.45, 7) is 2.15. The van der Waals surface area contributed by atoms with Gasteiger partial charge < -0.3 is 14.7 Å². The number of aromatic nitrogens is 6. The zero-order valence-corrected chi connectivity index (χ0v) is 9.01. The summed E-state index contributed by atoms with van der Waals surface area (Å²) in [6.07, 6.45) is 3.03. The molecule has 0 bridgehead atoms. The molecule has 3 rings (SSSR count). The highest BCUT2D eigenvalue weighted by atomic mass is 16.4. The van der Waals surface area contributed by atoms with E-state index < -0.39 is 0 Å². The second-order valence-corrected chi connectivity index (χ2v) is 3.39. The van der Waals surface area contributed by atoms with E-state index in [4.69, 9.17) is 4.42 Å². The van der Waals surface area contributed by atoms with Gasteiger partial charge in [0.2, 0.25) is 11.8 Å². The third-order valence-corrected chi connectivity index (χ3v) is 2.19. The van der Waals surface area contributed by atoms with Crippen LogP contribution in [0.5, 0.6) is 0 Å². The molecule has 0 unspecified atom stereocenters. The Morgan fingerprint density at radius 3 is 3.06 bits per heavy atom. The molecule has 0 radical (unpaired) electrons. The van der Waals surface area contributed by atoms with Crippen LogP contribution in [0.1, 0.15) is 11.8 Å². The average molecular weight is 231 g/mol. The molecule has 0 fully saturated rings. The van der Waals surface area contributed by atoms with Crippen molar-refractivity contribution in [2.24, 2.45) is 0 Å². The predicted molar refractivity (Wildman–Crippen MR) is 58.0 cm³/mol. The quantitative estimate of drug-likeness (QED) is 0.681. The van der Waals surface area contributed by atoms with E-state index in [2.05, 4.69) is 35.5 Å². The van der Waals surface area contributed by atoms with E-state index in [-0.39, 0.29) is 0 Å². The van der Waals surface area contributed by atoms with Crippen molar-refractivity contribution in [2.75, 3.05) is 5.32 Å². The highest BCUT2D eigenvalue weighted by molar-refractivity contribution is 5.81. The zero-order chi connectivity index (χ0) is 11.7. The van der Waals surface area contributed by atoms with Crippen molar-refractivity contribution in [1.82, 2.24) is 30.1 Å². The molecule has 8 nitrogen and oxygen atoms in total. The summed E-state index contributed by atoms with van der Waals surface area (Å²) in [6, 6.07) is 0. The number of rotatable bonds is 3. The second-order valence-electron chi connectivity index (χ2n) is 3.39. The van der Waals surface area contributed by atoms with E-state index in [9.17, 15) is 0 Å². The maximum atomic E-state index is 5.24. The van der Waals surface area contributed by atoms with Crippen LogP contribution in [-0.2, 0) is 6.54 Å². The molecule has 0 aliphatic carbocycles. The Balaban J connectivity index is 1.83. The molecule has 0 aliphatic rings. The molecule has 86 valence electrons. The number of anilines is 1. The summed E-state index contributed by atoms with van der Waals surface area (Å²) in [4.78, 5) is 15.2. The van der Waals surface area contributed by atoms with E-state index in [1.54, 1.807) is 13.3 Å². The maximum Gasteiger partial charge on any atom is 0.235 e. The molecule has 8 heteroatoms. The van der Waals surface area contributed by atoms with E-state index in [0.717, 1.165) is 0 Å². The molecule has 0 aromatic carbocycles. The van der Waals surface area contributed by atoms with Crippen molar-refractivity contribution in [3.63, 3.8) is 0 Å². The fourth-order valence-electron chi connectivity index (χ4n) is 1.46. The Bertz CT molecular complexity index is 643. The summed E-state index contributed by atoms with van der Waals surface area (Å²) in [5.41, 5.74) is 1.37. The van der Waals surface area contributed by atoms with Crippen LogP contribution in [0.15, 0.2) is 17.1 Å². The fourth-order valence-corrected chi connectivity index (χ4v) is 1.46. The van der Waals surface area contributed by atoms with Crippen molar-refractivity contribution < 1.29 is 4.42 Å². The van der Waals surface area contributed by atoms with Gasteiger partial charge in [0.15, 0.2) is 11.5 Å². The van der Waals surface area contributed by atoms with Crippen molar-refractivity contribution in [1.29, 1.82) is 0 Å². The first-order valence-electron chi connectivity index (χ1n) is 5.00. The minimum atomic E-state index is 0.403. The fraction of sp³-hybridized carbons (Fsp3) is 0.222. The lowest BCUT2D eigenvalue weighted by molar-refractivity contribution is 0.474. The first-order valence-corrected chi connectivity index (χ1v) is 5.00. The number of hydrogen-bond donors (Lipinski definition) is 2. The van der Waals surface area contributed by atoms with E-state index in [0.29, 0.717) is 35.3 Å². The minimum Gasteiger partial charge on any atom is -0.424 e. The van der Waals surface area contributed by atoms with Crippen LogP contribution >= 0.6 is 0 Å². The van der Waals surface area contributed by atoms with Gasteiger partial charge in [0.25, 0.3) is 0 Å². The summed E-state index contributed by atoms with van der Waals surface area (Å²) in [7, 11) is 0. The normalized spacial score (nSPS) is 10.9. The first kappa shape index (κ1) is 9.70. The molecule has 0 aliphatic heterocycles. The van der Waals surface area contributed by atoms with Crippen LogP contribution < -0.4 is 5.32 Å². The van der Waals surface area contributed by atoms with Crippen molar-refractivity contribution in [2.45, 2.75) is 13.5 Å². The number of hydrogen-bond acceptors (Lipinski definition) is 7. The second kappa shape index (κ2) is 3.81. The smallest absolute Gasteiger partial charge is 0.235 e. The molecule has 2 N–H and O–H groups in total. The molecule has 0 saturated carbocycles. The van der Waals surface area contributed by atoms with Gasteiger partial charge in [-0.25, -0.2) is 15.0 Å². The van der Waals surface area contributed by atoms with Gasteiger partial charge in [0.1, 0.15) is 11.8 Å². The molecule has 0 saturated heterocycles. The summed E-state index contributed by atoms with van der Waals surface area (Å²) in [5, 5.41) is 10.7. The van der Waals surface area contributed by atoms with Gasteiger partial charge in [-0.2, -0.15) is 0 Å². The Kier molecular flexibility index (Phi) is 2.18. The Labute approximate surface area is 95.5 Å². The lowest BCUT2D eigenvalue weighted by atomic mass is 10.5. The minimum absolute atomic E-state index is 0.403. The number of nitrogens with zero attached hydrogens (tertiary/aromatic N) is 5. The van der Waals surface area contributed by atoms with E-state index in [1.165, 1.54) is 6.33 Å². The van der Waals surface area contributed by atoms with Crippen LogP contribution in [0, 0.1) is 6.92 Å². The number of aromatic amines is 1. The summed E-state index contributed by atoms with van der Waals surface area (Å²) in [5.74, 6) is 1.67. The van der Waals surface area contributed by atoms with Crippen molar-refractivity contribution in [3.8, 4) is 0 Å². The van der Waals surface area contributed by atoms with Crippen LogP contribution in [0.4, 0.5) is 5.82 Å². The third-order valence-electron chi connectivity index (χ3n) is 2.19. The highest BCUT2D eigenvalue weighted by Gasteiger charge is 2.07. The zero-order valence-electron chi connectivity index (χ0n) is 9.01. The molecule has 3 aromatic heterocycles. The Hall–Kier alpha value is -2.51.